The number of aliphatic hydroxyl groups is 1. The molecular formula is C16H30N4O6S. The summed E-state index contributed by atoms with van der Waals surface area (Å²) < 4.78 is 0. The standard InChI is InChI=1S/C16H30N4O6S/c1-8(2)12(20-13(22)9(3)17)15(24)18-10(5-6-27-4)14(23)19-11(7-21)16(25)26/h8-12,21H,5-7,17H2,1-4H3,(H,18,24)(H,19,23)(H,20,22)(H,25,26). The Morgan fingerprint density at radius 1 is 0.963 bits per heavy atom. The molecule has 156 valence electrons. The normalized spacial score (nSPS) is 15.4. The fourth-order valence-electron chi connectivity index (χ4n) is 2.04. The third kappa shape index (κ3) is 9.07. The van der Waals surface area contributed by atoms with Crippen molar-refractivity contribution in [1.29, 1.82) is 0 Å². The maximum absolute atomic E-state index is 12.6. The molecule has 0 fully saturated rings. The Morgan fingerprint density at radius 2 is 1.52 bits per heavy atom. The van der Waals surface area contributed by atoms with E-state index in [4.69, 9.17) is 15.9 Å². The van der Waals surface area contributed by atoms with Crippen LogP contribution in [0.25, 0.3) is 0 Å². The molecule has 10 nitrogen and oxygen atoms in total. The van der Waals surface area contributed by atoms with Crippen LogP contribution in [0.5, 0.6) is 0 Å². The zero-order valence-corrected chi connectivity index (χ0v) is 16.8. The van der Waals surface area contributed by atoms with Crippen LogP contribution >= 0.6 is 11.8 Å². The van der Waals surface area contributed by atoms with Gasteiger partial charge in [0.2, 0.25) is 17.7 Å². The average molecular weight is 407 g/mol. The molecule has 0 saturated carbocycles. The lowest BCUT2D eigenvalue weighted by Gasteiger charge is -2.26. The molecule has 0 aliphatic rings. The number of carbonyl (C=O) groups is 4. The second-order valence-corrected chi connectivity index (χ2v) is 7.43. The van der Waals surface area contributed by atoms with Gasteiger partial charge < -0.3 is 31.9 Å². The maximum Gasteiger partial charge on any atom is 0.328 e. The number of nitrogens with one attached hydrogen (secondary N) is 3. The van der Waals surface area contributed by atoms with Gasteiger partial charge in [-0.1, -0.05) is 13.8 Å². The van der Waals surface area contributed by atoms with Crippen LogP contribution in [-0.2, 0) is 19.2 Å². The Morgan fingerprint density at radius 3 is 1.93 bits per heavy atom. The first-order valence-electron chi connectivity index (χ1n) is 8.54. The first-order chi connectivity index (χ1) is 12.5. The topological polar surface area (TPSA) is 171 Å². The number of carboxylic acid groups (broad SMARTS) is 1. The van der Waals surface area contributed by atoms with Gasteiger partial charge in [-0.15, -0.1) is 0 Å². The number of aliphatic carboxylic acids is 1. The maximum atomic E-state index is 12.6. The summed E-state index contributed by atoms with van der Waals surface area (Å²) in [5.41, 5.74) is 5.51. The minimum absolute atomic E-state index is 0.253. The Kier molecular flexibility index (Phi) is 11.7. The molecular weight excluding hydrogens is 376 g/mol. The molecule has 3 amide bonds. The van der Waals surface area contributed by atoms with Crippen molar-refractivity contribution in [3.05, 3.63) is 0 Å². The average Bonchev–Trinajstić information content (AvgIpc) is 2.59. The van der Waals surface area contributed by atoms with Gasteiger partial charge in [-0.25, -0.2) is 4.79 Å². The number of carboxylic acids is 1. The van der Waals surface area contributed by atoms with Gasteiger partial charge in [-0.05, 0) is 31.3 Å². The minimum Gasteiger partial charge on any atom is -0.480 e. The fraction of sp³-hybridized carbons (Fsp3) is 0.750. The van der Waals surface area contributed by atoms with E-state index in [0.29, 0.717) is 5.75 Å². The van der Waals surface area contributed by atoms with Gasteiger partial charge >= 0.3 is 5.97 Å². The van der Waals surface area contributed by atoms with Crippen LogP contribution in [0.1, 0.15) is 27.2 Å². The summed E-state index contributed by atoms with van der Waals surface area (Å²) in [7, 11) is 0. The van der Waals surface area contributed by atoms with Crippen molar-refractivity contribution >= 4 is 35.5 Å². The van der Waals surface area contributed by atoms with E-state index in [-0.39, 0.29) is 12.3 Å². The number of nitrogens with two attached hydrogens (primary N) is 1. The highest BCUT2D eigenvalue weighted by Crippen LogP contribution is 2.06. The molecule has 27 heavy (non-hydrogen) atoms. The van der Waals surface area contributed by atoms with E-state index >= 15 is 0 Å². The molecule has 0 spiro atoms. The van der Waals surface area contributed by atoms with E-state index in [9.17, 15) is 19.2 Å². The van der Waals surface area contributed by atoms with Crippen molar-refractivity contribution in [2.24, 2.45) is 11.7 Å². The summed E-state index contributed by atoms with van der Waals surface area (Å²) in [6, 6.07) is -4.17. The van der Waals surface area contributed by atoms with E-state index < -0.39 is 54.5 Å². The summed E-state index contributed by atoms with van der Waals surface area (Å²) in [4.78, 5) is 47.8. The molecule has 0 bridgehead atoms. The van der Waals surface area contributed by atoms with E-state index in [1.165, 1.54) is 18.7 Å². The number of thioether (sulfide) groups is 1. The molecule has 0 rings (SSSR count). The quantitative estimate of drug-likeness (QED) is 0.222. The summed E-state index contributed by atoms with van der Waals surface area (Å²) >= 11 is 1.45. The third-order valence-corrected chi connectivity index (χ3v) is 4.35. The molecule has 0 aromatic carbocycles. The van der Waals surface area contributed by atoms with Gasteiger partial charge in [0.25, 0.3) is 0 Å². The predicted molar refractivity (Wildman–Crippen MR) is 102 cm³/mol. The smallest absolute Gasteiger partial charge is 0.328 e. The van der Waals surface area contributed by atoms with Crippen LogP contribution in [-0.4, -0.2) is 76.7 Å². The van der Waals surface area contributed by atoms with Crippen LogP contribution in [0.15, 0.2) is 0 Å². The van der Waals surface area contributed by atoms with Crippen LogP contribution in [0.3, 0.4) is 0 Å². The van der Waals surface area contributed by atoms with Crippen LogP contribution < -0.4 is 21.7 Å². The molecule has 0 aromatic heterocycles. The van der Waals surface area contributed by atoms with Crippen molar-refractivity contribution < 1.29 is 29.4 Å². The Bertz CT molecular complexity index is 529. The summed E-state index contributed by atoms with van der Waals surface area (Å²) in [5.74, 6) is -2.91. The van der Waals surface area contributed by atoms with E-state index in [1.807, 2.05) is 6.26 Å². The van der Waals surface area contributed by atoms with Crippen molar-refractivity contribution in [3.8, 4) is 0 Å². The number of aliphatic hydroxyl groups excluding tert-OH is 1. The molecule has 0 aliphatic carbocycles. The lowest BCUT2D eigenvalue weighted by molar-refractivity contribution is -0.143. The monoisotopic (exact) mass is 406 g/mol. The van der Waals surface area contributed by atoms with E-state index in [2.05, 4.69) is 16.0 Å². The molecule has 11 heteroatoms. The van der Waals surface area contributed by atoms with E-state index in [0.717, 1.165) is 0 Å². The van der Waals surface area contributed by atoms with Crippen molar-refractivity contribution in [2.75, 3.05) is 18.6 Å². The Hall–Kier alpha value is -1.85. The van der Waals surface area contributed by atoms with Gasteiger partial charge in [-0.2, -0.15) is 11.8 Å². The minimum atomic E-state index is -1.47. The first kappa shape index (κ1) is 25.1. The molecule has 0 aromatic rings. The van der Waals surface area contributed by atoms with Gasteiger partial charge in [-0.3, -0.25) is 14.4 Å². The highest BCUT2D eigenvalue weighted by atomic mass is 32.2. The third-order valence-electron chi connectivity index (χ3n) is 3.70. The van der Waals surface area contributed by atoms with Crippen LogP contribution in [0, 0.1) is 5.92 Å². The SMILES string of the molecule is CSCCC(NC(=O)C(NC(=O)C(C)N)C(C)C)C(=O)NC(CO)C(=O)O. The van der Waals surface area contributed by atoms with Crippen molar-refractivity contribution in [3.63, 3.8) is 0 Å². The fourth-order valence-corrected chi connectivity index (χ4v) is 2.51. The van der Waals surface area contributed by atoms with Crippen molar-refractivity contribution in [1.82, 2.24) is 16.0 Å². The zero-order chi connectivity index (χ0) is 21.1. The highest BCUT2D eigenvalue weighted by molar-refractivity contribution is 7.98. The van der Waals surface area contributed by atoms with Crippen molar-refractivity contribution in [2.45, 2.75) is 51.4 Å². The summed E-state index contributed by atoms with van der Waals surface area (Å²) in [6.07, 6.45) is 2.08. The molecule has 0 aliphatic heterocycles. The largest absolute Gasteiger partial charge is 0.480 e. The number of hydrogen-bond donors (Lipinski definition) is 6. The molecule has 0 heterocycles. The molecule has 7 N–H and O–H groups in total. The highest BCUT2D eigenvalue weighted by Gasteiger charge is 2.30. The van der Waals surface area contributed by atoms with Gasteiger partial charge in [0.05, 0.1) is 12.6 Å². The molecule has 4 atom stereocenters. The summed E-state index contributed by atoms with van der Waals surface area (Å²) in [6.45, 7) is 4.17. The predicted octanol–water partition coefficient (Wildman–Crippen LogP) is -1.73. The number of carbonyl (C=O) groups excluding carboxylic acids is 3. The number of amides is 3. The van der Waals surface area contributed by atoms with Gasteiger partial charge in [0, 0.05) is 0 Å². The number of hydrogen-bond acceptors (Lipinski definition) is 7. The molecule has 0 saturated heterocycles. The first-order valence-corrected chi connectivity index (χ1v) is 9.93. The lowest BCUT2D eigenvalue weighted by Crippen LogP contribution is -2.58. The van der Waals surface area contributed by atoms with E-state index in [1.54, 1.807) is 13.8 Å². The second kappa shape index (κ2) is 12.5. The second-order valence-electron chi connectivity index (χ2n) is 6.44. The van der Waals surface area contributed by atoms with Gasteiger partial charge in [0.1, 0.15) is 18.1 Å². The lowest BCUT2D eigenvalue weighted by atomic mass is 10.0. The molecule has 0 radical (unpaired) electrons. The van der Waals surface area contributed by atoms with Gasteiger partial charge in [0.15, 0.2) is 0 Å². The Labute approximate surface area is 163 Å². The number of rotatable bonds is 12. The zero-order valence-electron chi connectivity index (χ0n) is 16.0. The van der Waals surface area contributed by atoms with Crippen LogP contribution in [0.4, 0.5) is 0 Å². The summed E-state index contributed by atoms with van der Waals surface area (Å²) in [5, 5.41) is 25.3. The van der Waals surface area contributed by atoms with Crippen LogP contribution in [0.2, 0.25) is 0 Å². The Balaban J connectivity index is 5.22. The molecule has 4 unspecified atom stereocenters.